The van der Waals surface area contributed by atoms with Crippen LogP contribution in [-0.2, 0) is 11.3 Å². The Balaban J connectivity index is 1.61. The van der Waals surface area contributed by atoms with E-state index in [0.717, 1.165) is 22.2 Å². The summed E-state index contributed by atoms with van der Waals surface area (Å²) in [6.07, 6.45) is 0. The van der Waals surface area contributed by atoms with E-state index in [-0.39, 0.29) is 12.5 Å². The van der Waals surface area contributed by atoms with Crippen molar-refractivity contribution in [3.63, 3.8) is 0 Å². The van der Waals surface area contributed by atoms with Gasteiger partial charge in [-0.1, -0.05) is 12.1 Å². The molecule has 1 amide bonds. The monoisotopic (exact) mass is 380 g/mol. The molecule has 1 N–H and O–H groups in total. The summed E-state index contributed by atoms with van der Waals surface area (Å²) in [7, 11) is 3.96. The summed E-state index contributed by atoms with van der Waals surface area (Å²) < 4.78 is 11.0. The molecule has 1 aromatic heterocycles. The molecule has 28 heavy (non-hydrogen) atoms. The van der Waals surface area contributed by atoms with Gasteiger partial charge in [-0.05, 0) is 49.2 Å². The number of benzene rings is 2. The summed E-state index contributed by atoms with van der Waals surface area (Å²) in [6.45, 7) is 3.99. The Labute approximate surface area is 163 Å². The van der Waals surface area contributed by atoms with Gasteiger partial charge in [-0.3, -0.25) is 4.79 Å². The maximum atomic E-state index is 12.1. The third kappa shape index (κ3) is 4.34. The zero-order chi connectivity index (χ0) is 20.3. The molecule has 0 bridgehead atoms. The Bertz CT molecular complexity index is 1050. The zero-order valence-electron chi connectivity index (χ0n) is 16.5. The molecule has 0 saturated heterocycles. The van der Waals surface area contributed by atoms with E-state index in [4.69, 9.17) is 9.15 Å². The smallest absolute Gasteiger partial charge is 0.336 e. The van der Waals surface area contributed by atoms with Gasteiger partial charge in [0, 0.05) is 43.3 Å². The lowest BCUT2D eigenvalue weighted by atomic mass is 10.1. The summed E-state index contributed by atoms with van der Waals surface area (Å²) in [4.78, 5) is 25.8. The number of fused-ring (bicyclic) bond motifs is 1. The summed E-state index contributed by atoms with van der Waals surface area (Å²) in [6, 6.07) is 13.1. The number of anilines is 1. The van der Waals surface area contributed by atoms with Gasteiger partial charge < -0.3 is 19.4 Å². The second-order valence-electron chi connectivity index (χ2n) is 6.94. The lowest BCUT2D eigenvalue weighted by Gasteiger charge is -2.13. The van der Waals surface area contributed by atoms with E-state index in [1.807, 2.05) is 63.2 Å². The van der Waals surface area contributed by atoms with E-state index >= 15 is 0 Å². The van der Waals surface area contributed by atoms with Gasteiger partial charge in [0.05, 0.1) is 0 Å². The minimum absolute atomic E-state index is 0.113. The van der Waals surface area contributed by atoms with Gasteiger partial charge in [0.2, 0.25) is 0 Å². The van der Waals surface area contributed by atoms with Crippen LogP contribution in [0.5, 0.6) is 5.75 Å². The number of nitrogens with zero attached hydrogens (tertiary/aromatic N) is 1. The molecule has 2 aromatic carbocycles. The molecule has 0 unspecified atom stereocenters. The molecule has 0 saturated carbocycles. The number of amides is 1. The Morgan fingerprint density at radius 3 is 2.50 bits per heavy atom. The fraction of sp³-hybridized carbons (Fsp3) is 0.273. The highest BCUT2D eigenvalue weighted by Crippen LogP contribution is 2.28. The van der Waals surface area contributed by atoms with Crippen LogP contribution in [0.1, 0.15) is 16.7 Å². The summed E-state index contributed by atoms with van der Waals surface area (Å²) in [5.74, 6) is 0.300. The van der Waals surface area contributed by atoms with Crippen LogP contribution in [0.15, 0.2) is 51.7 Å². The topological polar surface area (TPSA) is 71.8 Å². The first-order valence-corrected chi connectivity index (χ1v) is 9.05. The van der Waals surface area contributed by atoms with Gasteiger partial charge in [-0.15, -0.1) is 0 Å². The fourth-order valence-electron chi connectivity index (χ4n) is 2.96. The molecule has 3 aromatic rings. The molecular weight excluding hydrogens is 356 g/mol. The first-order valence-electron chi connectivity index (χ1n) is 9.05. The van der Waals surface area contributed by atoms with Crippen molar-refractivity contribution in [2.24, 2.45) is 0 Å². The van der Waals surface area contributed by atoms with Gasteiger partial charge in [0.15, 0.2) is 6.61 Å². The van der Waals surface area contributed by atoms with Crippen LogP contribution < -0.4 is 20.6 Å². The van der Waals surface area contributed by atoms with E-state index in [2.05, 4.69) is 5.32 Å². The zero-order valence-corrected chi connectivity index (χ0v) is 16.5. The molecule has 6 heteroatoms. The second kappa shape index (κ2) is 8.17. The minimum Gasteiger partial charge on any atom is -0.483 e. The van der Waals surface area contributed by atoms with E-state index in [1.165, 1.54) is 6.07 Å². The highest BCUT2D eigenvalue weighted by atomic mass is 16.5. The predicted octanol–water partition coefficient (Wildman–Crippen LogP) is 3.17. The molecule has 1 heterocycles. The normalized spacial score (nSPS) is 10.7. The molecule has 3 rings (SSSR count). The lowest BCUT2D eigenvalue weighted by Crippen LogP contribution is -2.28. The van der Waals surface area contributed by atoms with Crippen molar-refractivity contribution in [3.8, 4) is 5.75 Å². The first kappa shape index (κ1) is 19.5. The third-order valence-electron chi connectivity index (χ3n) is 4.62. The van der Waals surface area contributed by atoms with Crippen molar-refractivity contribution in [2.75, 3.05) is 25.6 Å². The highest BCUT2D eigenvalue weighted by Gasteiger charge is 2.11. The van der Waals surface area contributed by atoms with Crippen molar-refractivity contribution in [1.82, 2.24) is 5.32 Å². The minimum atomic E-state index is -0.400. The van der Waals surface area contributed by atoms with Crippen LogP contribution in [-0.4, -0.2) is 26.6 Å². The molecule has 0 aliphatic rings. The molecular formula is C22H24N2O4. The Hall–Kier alpha value is -3.28. The standard InChI is InChI=1S/C22H24N2O4/c1-14-11-21(26)28-22-15(2)19(10-9-18(14)22)27-13-20(25)23-12-16-5-7-17(8-6-16)24(3)4/h5-11H,12-13H2,1-4H3,(H,23,25). The summed E-state index contributed by atoms with van der Waals surface area (Å²) >= 11 is 0. The van der Waals surface area contributed by atoms with E-state index in [0.29, 0.717) is 23.4 Å². The number of hydrogen-bond acceptors (Lipinski definition) is 5. The summed E-state index contributed by atoms with van der Waals surface area (Å²) in [5.41, 5.74) is 3.75. The van der Waals surface area contributed by atoms with Crippen molar-refractivity contribution in [2.45, 2.75) is 20.4 Å². The molecule has 146 valence electrons. The van der Waals surface area contributed by atoms with Crippen molar-refractivity contribution in [1.29, 1.82) is 0 Å². The van der Waals surface area contributed by atoms with Crippen LogP contribution in [0.3, 0.4) is 0 Å². The van der Waals surface area contributed by atoms with E-state index < -0.39 is 5.63 Å². The second-order valence-corrected chi connectivity index (χ2v) is 6.94. The number of carbonyl (C=O) groups is 1. The van der Waals surface area contributed by atoms with Crippen LogP contribution in [0.25, 0.3) is 11.0 Å². The molecule has 0 atom stereocenters. The molecule has 0 aliphatic heterocycles. The molecule has 0 spiro atoms. The number of nitrogens with one attached hydrogen (secondary N) is 1. The number of carbonyl (C=O) groups excluding carboxylic acids is 1. The van der Waals surface area contributed by atoms with Gasteiger partial charge in [-0.2, -0.15) is 0 Å². The summed E-state index contributed by atoms with van der Waals surface area (Å²) in [5, 5.41) is 3.70. The van der Waals surface area contributed by atoms with Gasteiger partial charge >= 0.3 is 5.63 Å². The number of hydrogen-bond donors (Lipinski definition) is 1. The van der Waals surface area contributed by atoms with E-state index in [9.17, 15) is 9.59 Å². The van der Waals surface area contributed by atoms with Gasteiger partial charge in [0.1, 0.15) is 11.3 Å². The molecule has 0 fully saturated rings. The predicted molar refractivity (Wildman–Crippen MR) is 110 cm³/mol. The Morgan fingerprint density at radius 2 is 1.82 bits per heavy atom. The highest BCUT2D eigenvalue weighted by molar-refractivity contribution is 5.85. The Kier molecular flexibility index (Phi) is 5.68. The lowest BCUT2D eigenvalue weighted by molar-refractivity contribution is -0.123. The number of aryl methyl sites for hydroxylation is 2. The largest absolute Gasteiger partial charge is 0.483 e. The van der Waals surface area contributed by atoms with Crippen molar-refractivity contribution >= 4 is 22.6 Å². The average molecular weight is 380 g/mol. The first-order chi connectivity index (χ1) is 13.3. The number of rotatable bonds is 6. The van der Waals surface area contributed by atoms with Crippen molar-refractivity contribution < 1.29 is 13.9 Å². The molecule has 0 radical (unpaired) electrons. The van der Waals surface area contributed by atoms with E-state index in [1.54, 1.807) is 6.07 Å². The average Bonchev–Trinajstić information content (AvgIpc) is 2.66. The number of ether oxygens (including phenoxy) is 1. The maximum absolute atomic E-state index is 12.1. The molecule has 6 nitrogen and oxygen atoms in total. The van der Waals surface area contributed by atoms with Gasteiger partial charge in [0.25, 0.3) is 5.91 Å². The van der Waals surface area contributed by atoms with Crippen molar-refractivity contribution in [3.05, 3.63) is 69.6 Å². The van der Waals surface area contributed by atoms with Crippen LogP contribution >= 0.6 is 0 Å². The van der Waals surface area contributed by atoms with Crippen LogP contribution in [0.2, 0.25) is 0 Å². The third-order valence-corrected chi connectivity index (χ3v) is 4.62. The fourth-order valence-corrected chi connectivity index (χ4v) is 2.96. The SMILES string of the molecule is Cc1cc(=O)oc2c(C)c(OCC(=O)NCc3ccc(N(C)C)cc3)ccc12. The molecule has 0 aliphatic carbocycles. The maximum Gasteiger partial charge on any atom is 0.336 e. The Morgan fingerprint density at radius 1 is 1.11 bits per heavy atom. The van der Waals surface area contributed by atoms with Gasteiger partial charge in [-0.25, -0.2) is 4.79 Å². The van der Waals surface area contributed by atoms with Crippen LogP contribution in [0, 0.1) is 13.8 Å². The van der Waals surface area contributed by atoms with Crippen LogP contribution in [0.4, 0.5) is 5.69 Å². The quantitative estimate of drug-likeness (QED) is 0.665.